The molecule has 0 bridgehead atoms. The molecule has 0 radical (unpaired) electrons. The summed E-state index contributed by atoms with van der Waals surface area (Å²) in [5, 5.41) is 2.75. The maximum atomic E-state index is 12.1. The molecule has 0 fully saturated rings. The molecular formula is C17H19N3O5S. The Balaban J connectivity index is 1.63. The summed E-state index contributed by atoms with van der Waals surface area (Å²) >= 11 is 0. The van der Waals surface area contributed by atoms with E-state index in [0.717, 1.165) is 11.8 Å². The number of benzene rings is 1. The third-order valence-electron chi connectivity index (χ3n) is 3.80. The monoisotopic (exact) mass is 377 g/mol. The van der Waals surface area contributed by atoms with Crippen LogP contribution in [-0.2, 0) is 21.4 Å². The van der Waals surface area contributed by atoms with Gasteiger partial charge in [-0.2, -0.15) is 0 Å². The van der Waals surface area contributed by atoms with Crippen LogP contribution in [0.25, 0.3) is 0 Å². The number of pyridine rings is 1. The number of carbonyl (C=O) groups excluding carboxylic acids is 1. The molecule has 1 aliphatic heterocycles. The minimum atomic E-state index is -3.55. The number of hydrogen-bond donors (Lipinski definition) is 1. The zero-order valence-corrected chi connectivity index (χ0v) is 15.0. The first kappa shape index (κ1) is 18.0. The summed E-state index contributed by atoms with van der Waals surface area (Å²) < 4.78 is 36.0. The highest BCUT2D eigenvalue weighted by atomic mass is 32.2. The molecule has 138 valence electrons. The number of sulfonamides is 1. The molecule has 0 unspecified atom stereocenters. The smallest absolute Gasteiger partial charge is 0.232 e. The van der Waals surface area contributed by atoms with Crippen molar-refractivity contribution >= 4 is 21.6 Å². The summed E-state index contributed by atoms with van der Waals surface area (Å²) in [5.41, 5.74) is 1.30. The van der Waals surface area contributed by atoms with Crippen molar-refractivity contribution in [1.82, 2.24) is 10.3 Å². The molecule has 0 spiro atoms. The Kier molecular flexibility index (Phi) is 5.27. The van der Waals surface area contributed by atoms with E-state index in [9.17, 15) is 13.2 Å². The van der Waals surface area contributed by atoms with Crippen LogP contribution in [0, 0.1) is 0 Å². The second kappa shape index (κ2) is 7.61. The lowest BCUT2D eigenvalue weighted by Crippen LogP contribution is -2.34. The summed E-state index contributed by atoms with van der Waals surface area (Å²) in [6, 6.07) is 8.51. The van der Waals surface area contributed by atoms with Crippen LogP contribution in [0.1, 0.15) is 12.0 Å². The summed E-state index contributed by atoms with van der Waals surface area (Å²) in [4.78, 5) is 16.0. The third-order valence-corrected chi connectivity index (χ3v) is 4.99. The number of nitrogens with zero attached hydrogens (tertiary/aromatic N) is 2. The average molecular weight is 377 g/mol. The van der Waals surface area contributed by atoms with Gasteiger partial charge in [-0.05, 0) is 23.8 Å². The number of fused-ring (bicyclic) bond motifs is 1. The highest BCUT2D eigenvalue weighted by Crippen LogP contribution is 2.36. The van der Waals surface area contributed by atoms with Crippen LogP contribution in [0.15, 0.2) is 42.7 Å². The molecule has 1 aromatic carbocycles. The molecule has 0 atom stereocenters. The minimum absolute atomic E-state index is 0.0251. The standard InChI is InChI=1S/C17H19N3O5S/c1-26(22,23)20(14-4-5-15-16(9-14)25-12-24-15)8-6-17(21)19-11-13-3-2-7-18-10-13/h2-5,7,9-10H,6,8,11-12H2,1H3,(H,19,21). The highest BCUT2D eigenvalue weighted by molar-refractivity contribution is 7.92. The molecule has 9 heteroatoms. The van der Waals surface area contributed by atoms with Crippen molar-refractivity contribution in [3.05, 3.63) is 48.3 Å². The number of amides is 1. The number of ether oxygens (including phenoxy) is 2. The van der Waals surface area contributed by atoms with Gasteiger partial charge in [0.25, 0.3) is 0 Å². The molecule has 2 heterocycles. The van der Waals surface area contributed by atoms with Gasteiger partial charge in [0.1, 0.15) is 0 Å². The van der Waals surface area contributed by atoms with Gasteiger partial charge in [-0.3, -0.25) is 14.1 Å². The third kappa shape index (κ3) is 4.42. The van der Waals surface area contributed by atoms with Crippen LogP contribution < -0.4 is 19.1 Å². The Labute approximate surface area is 151 Å². The van der Waals surface area contributed by atoms with Crippen molar-refractivity contribution in [2.24, 2.45) is 0 Å². The van der Waals surface area contributed by atoms with Gasteiger partial charge in [0.15, 0.2) is 11.5 Å². The Morgan fingerprint density at radius 3 is 2.81 bits per heavy atom. The van der Waals surface area contributed by atoms with Gasteiger partial charge in [-0.1, -0.05) is 6.07 Å². The fourth-order valence-electron chi connectivity index (χ4n) is 2.52. The number of carbonyl (C=O) groups is 1. The zero-order valence-electron chi connectivity index (χ0n) is 14.2. The van der Waals surface area contributed by atoms with E-state index in [1.165, 1.54) is 4.31 Å². The Hall–Kier alpha value is -2.81. The lowest BCUT2D eigenvalue weighted by atomic mass is 10.2. The SMILES string of the molecule is CS(=O)(=O)N(CCC(=O)NCc1cccnc1)c1ccc2c(c1)OCO2. The largest absolute Gasteiger partial charge is 0.454 e. The van der Waals surface area contributed by atoms with Crippen molar-refractivity contribution in [3.63, 3.8) is 0 Å². The van der Waals surface area contributed by atoms with Crippen molar-refractivity contribution < 1.29 is 22.7 Å². The van der Waals surface area contributed by atoms with Gasteiger partial charge in [0, 0.05) is 38.0 Å². The maximum absolute atomic E-state index is 12.1. The average Bonchev–Trinajstić information content (AvgIpc) is 3.08. The molecular weight excluding hydrogens is 358 g/mol. The zero-order chi connectivity index (χ0) is 18.6. The fraction of sp³-hybridized carbons (Fsp3) is 0.294. The van der Waals surface area contributed by atoms with Crippen LogP contribution in [-0.4, -0.2) is 38.9 Å². The summed E-state index contributed by atoms with van der Waals surface area (Å²) in [7, 11) is -3.55. The van der Waals surface area contributed by atoms with E-state index in [0.29, 0.717) is 23.7 Å². The predicted molar refractivity (Wildman–Crippen MR) is 95.5 cm³/mol. The Bertz CT molecular complexity index is 887. The van der Waals surface area contributed by atoms with Crippen molar-refractivity contribution in [2.75, 3.05) is 23.9 Å². The first-order chi connectivity index (χ1) is 12.4. The molecule has 1 amide bonds. The molecule has 1 aliphatic rings. The van der Waals surface area contributed by atoms with Gasteiger partial charge >= 0.3 is 0 Å². The lowest BCUT2D eigenvalue weighted by Gasteiger charge is -2.22. The second-order valence-electron chi connectivity index (χ2n) is 5.76. The summed E-state index contributed by atoms with van der Waals surface area (Å²) in [6.45, 7) is 0.474. The predicted octanol–water partition coefficient (Wildman–Crippen LogP) is 1.28. The quantitative estimate of drug-likeness (QED) is 0.781. The molecule has 3 rings (SSSR count). The van der Waals surface area contributed by atoms with Gasteiger partial charge in [-0.25, -0.2) is 8.42 Å². The maximum Gasteiger partial charge on any atom is 0.232 e. The summed E-state index contributed by atoms with van der Waals surface area (Å²) in [6.07, 6.45) is 4.45. The number of rotatable bonds is 7. The minimum Gasteiger partial charge on any atom is -0.454 e. The van der Waals surface area contributed by atoms with Gasteiger partial charge in [0.2, 0.25) is 22.7 Å². The van der Waals surface area contributed by atoms with Crippen molar-refractivity contribution in [1.29, 1.82) is 0 Å². The van der Waals surface area contributed by atoms with E-state index >= 15 is 0 Å². The fourth-order valence-corrected chi connectivity index (χ4v) is 3.44. The second-order valence-corrected chi connectivity index (χ2v) is 7.67. The van der Waals surface area contributed by atoms with E-state index in [4.69, 9.17) is 9.47 Å². The number of hydrogen-bond acceptors (Lipinski definition) is 6. The first-order valence-corrected chi connectivity index (χ1v) is 9.81. The van der Waals surface area contributed by atoms with Gasteiger partial charge < -0.3 is 14.8 Å². The molecule has 1 N–H and O–H groups in total. The lowest BCUT2D eigenvalue weighted by molar-refractivity contribution is -0.121. The highest BCUT2D eigenvalue weighted by Gasteiger charge is 2.22. The van der Waals surface area contributed by atoms with Crippen LogP contribution in [0.4, 0.5) is 5.69 Å². The van der Waals surface area contributed by atoms with Crippen molar-refractivity contribution in [3.8, 4) is 11.5 Å². The summed E-state index contributed by atoms with van der Waals surface area (Å²) in [5.74, 6) is 0.803. The topological polar surface area (TPSA) is 97.8 Å². The van der Waals surface area contributed by atoms with Gasteiger partial charge in [0.05, 0.1) is 11.9 Å². The van der Waals surface area contributed by atoms with E-state index < -0.39 is 10.0 Å². The molecule has 8 nitrogen and oxygen atoms in total. The van der Waals surface area contributed by atoms with Crippen LogP contribution >= 0.6 is 0 Å². The molecule has 0 saturated carbocycles. The number of anilines is 1. The van der Waals surface area contributed by atoms with Crippen LogP contribution in [0.3, 0.4) is 0 Å². The Morgan fingerprint density at radius 1 is 1.27 bits per heavy atom. The van der Waals surface area contributed by atoms with Crippen LogP contribution in [0.5, 0.6) is 11.5 Å². The van der Waals surface area contributed by atoms with Gasteiger partial charge in [-0.15, -0.1) is 0 Å². The van der Waals surface area contributed by atoms with E-state index in [1.54, 1.807) is 36.7 Å². The molecule has 1 aromatic heterocycles. The normalized spacial score (nSPS) is 12.7. The van der Waals surface area contributed by atoms with E-state index in [-0.39, 0.29) is 25.7 Å². The molecule has 0 aliphatic carbocycles. The number of aromatic nitrogens is 1. The molecule has 26 heavy (non-hydrogen) atoms. The van der Waals surface area contributed by atoms with Crippen molar-refractivity contribution in [2.45, 2.75) is 13.0 Å². The first-order valence-electron chi connectivity index (χ1n) is 7.96. The van der Waals surface area contributed by atoms with E-state index in [2.05, 4.69) is 10.3 Å². The molecule has 0 saturated heterocycles. The van der Waals surface area contributed by atoms with Crippen LogP contribution in [0.2, 0.25) is 0 Å². The number of nitrogens with one attached hydrogen (secondary N) is 1. The molecule has 2 aromatic rings. The Morgan fingerprint density at radius 2 is 2.08 bits per heavy atom. The van der Waals surface area contributed by atoms with E-state index in [1.807, 2.05) is 6.07 Å².